The van der Waals surface area contributed by atoms with E-state index in [2.05, 4.69) is 0 Å². The zero-order chi connectivity index (χ0) is 19.3. The van der Waals surface area contributed by atoms with Crippen molar-refractivity contribution in [1.82, 2.24) is 4.31 Å². The van der Waals surface area contributed by atoms with Crippen molar-refractivity contribution in [2.24, 2.45) is 5.73 Å². The van der Waals surface area contributed by atoms with Crippen molar-refractivity contribution in [1.29, 1.82) is 0 Å². The van der Waals surface area contributed by atoms with E-state index in [1.807, 2.05) is 49.4 Å². The number of ether oxygens (including phenoxy) is 1. The van der Waals surface area contributed by atoms with Crippen LogP contribution in [-0.4, -0.2) is 32.1 Å². The van der Waals surface area contributed by atoms with Gasteiger partial charge in [0, 0.05) is 0 Å². The molecule has 1 aliphatic rings. The van der Waals surface area contributed by atoms with Crippen molar-refractivity contribution < 1.29 is 13.2 Å². The lowest BCUT2D eigenvalue weighted by Crippen LogP contribution is -2.38. The molecular weight excluding hydrogens is 360 g/mol. The molecule has 0 spiro atoms. The van der Waals surface area contributed by atoms with Gasteiger partial charge >= 0.3 is 0 Å². The largest absolute Gasteiger partial charge is 0.360 e. The third-order valence-corrected chi connectivity index (χ3v) is 6.89. The molecule has 1 saturated heterocycles. The van der Waals surface area contributed by atoms with Crippen molar-refractivity contribution in [2.75, 3.05) is 13.2 Å². The monoisotopic (exact) mass is 388 g/mol. The van der Waals surface area contributed by atoms with Gasteiger partial charge in [-0.25, -0.2) is 8.42 Å². The number of benzene rings is 2. The zero-order valence-electron chi connectivity index (χ0n) is 15.8. The molecule has 0 radical (unpaired) electrons. The van der Waals surface area contributed by atoms with Crippen LogP contribution in [0.25, 0.3) is 0 Å². The van der Waals surface area contributed by atoms with Gasteiger partial charge in [-0.3, -0.25) is 0 Å². The molecule has 2 aromatic rings. The fourth-order valence-electron chi connectivity index (χ4n) is 3.47. The summed E-state index contributed by atoms with van der Waals surface area (Å²) in [6.07, 6.45) is 3.04. The van der Waals surface area contributed by atoms with E-state index < -0.39 is 16.3 Å². The van der Waals surface area contributed by atoms with Crippen LogP contribution in [0.5, 0.6) is 0 Å². The Bertz CT molecular complexity index is 822. The SMILES string of the molecule is Cc1ccc(S(=O)(=O)N2[C@H](CCCCCN)OC[C@H]2c2ccccc2)cc1. The quantitative estimate of drug-likeness (QED) is 0.701. The van der Waals surface area contributed by atoms with Gasteiger partial charge in [-0.1, -0.05) is 54.4 Å². The Kier molecular flexibility index (Phi) is 6.65. The number of hydrogen-bond donors (Lipinski definition) is 1. The Morgan fingerprint density at radius 2 is 1.74 bits per heavy atom. The van der Waals surface area contributed by atoms with Crippen molar-refractivity contribution in [3.8, 4) is 0 Å². The van der Waals surface area contributed by atoms with Gasteiger partial charge < -0.3 is 10.5 Å². The summed E-state index contributed by atoms with van der Waals surface area (Å²) in [6, 6.07) is 16.4. The Morgan fingerprint density at radius 3 is 2.41 bits per heavy atom. The topological polar surface area (TPSA) is 72.6 Å². The van der Waals surface area contributed by atoms with Crippen LogP contribution in [0, 0.1) is 6.92 Å². The summed E-state index contributed by atoms with van der Waals surface area (Å²) in [4.78, 5) is 0.312. The molecule has 2 aromatic carbocycles. The molecule has 27 heavy (non-hydrogen) atoms. The highest BCUT2D eigenvalue weighted by molar-refractivity contribution is 7.89. The highest BCUT2D eigenvalue weighted by Gasteiger charge is 2.43. The third kappa shape index (κ3) is 4.58. The summed E-state index contributed by atoms with van der Waals surface area (Å²) in [6.45, 7) is 2.97. The number of hydrogen-bond acceptors (Lipinski definition) is 4. The average Bonchev–Trinajstić information content (AvgIpc) is 3.11. The summed E-state index contributed by atoms with van der Waals surface area (Å²) in [5.41, 5.74) is 7.56. The van der Waals surface area contributed by atoms with E-state index in [9.17, 15) is 8.42 Å². The fourth-order valence-corrected chi connectivity index (χ4v) is 5.19. The van der Waals surface area contributed by atoms with E-state index in [-0.39, 0.29) is 6.04 Å². The first-order valence-electron chi connectivity index (χ1n) is 9.51. The average molecular weight is 389 g/mol. The Balaban J connectivity index is 1.90. The molecular formula is C21H28N2O3S. The molecule has 2 N–H and O–H groups in total. The lowest BCUT2D eigenvalue weighted by molar-refractivity contribution is 0.0590. The minimum Gasteiger partial charge on any atom is -0.360 e. The maximum Gasteiger partial charge on any atom is 0.245 e. The molecule has 3 rings (SSSR count). The molecule has 0 amide bonds. The van der Waals surface area contributed by atoms with E-state index in [0.717, 1.165) is 30.4 Å². The number of nitrogens with zero attached hydrogens (tertiary/aromatic N) is 1. The first kappa shape index (κ1) is 20.0. The highest BCUT2D eigenvalue weighted by atomic mass is 32.2. The number of rotatable bonds is 8. The van der Waals surface area contributed by atoms with Gasteiger partial charge in [0.25, 0.3) is 0 Å². The fraction of sp³-hybridized carbons (Fsp3) is 0.429. The van der Waals surface area contributed by atoms with Crippen LogP contribution in [0.1, 0.15) is 42.9 Å². The van der Waals surface area contributed by atoms with Crippen LogP contribution in [0.15, 0.2) is 59.5 Å². The van der Waals surface area contributed by atoms with Gasteiger partial charge in [-0.05, 0) is 50.4 Å². The van der Waals surface area contributed by atoms with E-state index in [1.165, 1.54) is 0 Å². The first-order valence-corrected chi connectivity index (χ1v) is 10.9. The minimum absolute atomic E-state index is 0.308. The van der Waals surface area contributed by atoms with Crippen molar-refractivity contribution in [3.63, 3.8) is 0 Å². The van der Waals surface area contributed by atoms with Crippen molar-refractivity contribution in [3.05, 3.63) is 65.7 Å². The summed E-state index contributed by atoms with van der Waals surface area (Å²) < 4.78 is 34.4. The van der Waals surface area contributed by atoms with E-state index >= 15 is 0 Å². The standard InChI is InChI=1S/C21H28N2O3S/c1-17-11-13-19(14-12-17)27(24,25)23-20(18-8-4-2-5-9-18)16-26-21(23)10-6-3-7-15-22/h2,4-5,8-9,11-14,20-21H,3,6-7,10,15-16,22H2,1H3/t20-,21-/m0/s1. The predicted molar refractivity (Wildman–Crippen MR) is 107 cm³/mol. The summed E-state index contributed by atoms with van der Waals surface area (Å²) in [5, 5.41) is 0. The number of unbranched alkanes of at least 4 members (excludes halogenated alkanes) is 2. The van der Waals surface area contributed by atoms with Gasteiger partial charge in [0.15, 0.2) is 0 Å². The molecule has 1 heterocycles. The Morgan fingerprint density at radius 1 is 1.04 bits per heavy atom. The lowest BCUT2D eigenvalue weighted by atomic mass is 10.1. The minimum atomic E-state index is -3.66. The Hall–Kier alpha value is -1.73. The van der Waals surface area contributed by atoms with Crippen LogP contribution in [-0.2, 0) is 14.8 Å². The smallest absolute Gasteiger partial charge is 0.245 e. The Labute approximate surface area is 162 Å². The second-order valence-corrected chi connectivity index (χ2v) is 8.84. The maximum absolute atomic E-state index is 13.5. The first-order chi connectivity index (χ1) is 13.0. The second-order valence-electron chi connectivity index (χ2n) is 7.00. The van der Waals surface area contributed by atoms with Gasteiger partial charge in [0.05, 0.1) is 17.5 Å². The number of sulfonamides is 1. The van der Waals surface area contributed by atoms with Gasteiger partial charge in [0.2, 0.25) is 10.0 Å². The summed E-state index contributed by atoms with van der Waals surface area (Å²) in [5.74, 6) is 0. The molecule has 1 fully saturated rings. The molecule has 146 valence electrons. The molecule has 2 atom stereocenters. The van der Waals surface area contributed by atoms with Crippen LogP contribution >= 0.6 is 0 Å². The van der Waals surface area contributed by atoms with Gasteiger partial charge in [0.1, 0.15) is 6.23 Å². The van der Waals surface area contributed by atoms with Gasteiger partial charge in [-0.15, -0.1) is 0 Å². The van der Waals surface area contributed by atoms with Crippen molar-refractivity contribution in [2.45, 2.75) is 49.8 Å². The molecule has 5 nitrogen and oxygen atoms in total. The van der Waals surface area contributed by atoms with Crippen LogP contribution < -0.4 is 5.73 Å². The summed E-state index contributed by atoms with van der Waals surface area (Å²) in [7, 11) is -3.66. The highest BCUT2D eigenvalue weighted by Crippen LogP contribution is 2.37. The second kappa shape index (κ2) is 8.97. The van der Waals surface area contributed by atoms with Crippen LogP contribution in [0.2, 0.25) is 0 Å². The molecule has 0 unspecified atom stereocenters. The molecule has 0 saturated carbocycles. The van der Waals surface area contributed by atoms with Crippen molar-refractivity contribution >= 4 is 10.0 Å². The van der Waals surface area contributed by atoms with E-state index in [1.54, 1.807) is 16.4 Å². The predicted octanol–water partition coefficient (Wildman–Crippen LogP) is 3.60. The van der Waals surface area contributed by atoms with E-state index in [4.69, 9.17) is 10.5 Å². The maximum atomic E-state index is 13.5. The molecule has 0 aliphatic carbocycles. The van der Waals surface area contributed by atoms with Crippen LogP contribution in [0.4, 0.5) is 0 Å². The molecule has 1 aliphatic heterocycles. The third-order valence-electron chi connectivity index (χ3n) is 4.97. The van der Waals surface area contributed by atoms with E-state index in [0.29, 0.717) is 24.5 Å². The lowest BCUT2D eigenvalue weighted by Gasteiger charge is -2.28. The molecule has 0 aromatic heterocycles. The molecule has 0 bridgehead atoms. The van der Waals surface area contributed by atoms with Crippen LogP contribution in [0.3, 0.4) is 0 Å². The number of nitrogens with two attached hydrogens (primary N) is 1. The zero-order valence-corrected chi connectivity index (χ0v) is 16.6. The molecule has 6 heteroatoms. The van der Waals surface area contributed by atoms with Gasteiger partial charge in [-0.2, -0.15) is 4.31 Å². The normalized spacial score (nSPS) is 20.8. The number of aryl methyl sites for hydroxylation is 1. The summed E-state index contributed by atoms with van der Waals surface area (Å²) >= 11 is 0.